The van der Waals surface area contributed by atoms with Crippen LogP contribution in [-0.2, 0) is 17.8 Å². The Bertz CT molecular complexity index is 373. The largest absolute Gasteiger partial charge is 0.373 e. The summed E-state index contributed by atoms with van der Waals surface area (Å²) >= 11 is 0. The minimum absolute atomic E-state index is 0.310. The number of nitrogens with one attached hydrogen (secondary N) is 1. The normalized spacial score (nSPS) is 25.3. The zero-order chi connectivity index (χ0) is 13.0. The Morgan fingerprint density at radius 3 is 2.78 bits per heavy atom. The average Bonchev–Trinajstić information content (AvgIpc) is 2.30. The van der Waals surface area contributed by atoms with Crippen molar-refractivity contribution in [2.75, 3.05) is 20.1 Å². The van der Waals surface area contributed by atoms with Crippen LogP contribution in [0.25, 0.3) is 0 Å². The summed E-state index contributed by atoms with van der Waals surface area (Å²) in [6.07, 6.45) is 2.50. The Morgan fingerprint density at radius 2 is 2.11 bits per heavy atom. The van der Waals surface area contributed by atoms with Gasteiger partial charge in [-0.1, -0.05) is 6.07 Å². The maximum absolute atomic E-state index is 5.76. The lowest BCUT2D eigenvalue weighted by Crippen LogP contribution is -2.45. The second kappa shape index (κ2) is 6.27. The van der Waals surface area contributed by atoms with Crippen LogP contribution in [0, 0.1) is 0 Å². The third-order valence-corrected chi connectivity index (χ3v) is 3.22. The molecular formula is C14H23N3O. The van der Waals surface area contributed by atoms with E-state index in [9.17, 15) is 0 Å². The summed E-state index contributed by atoms with van der Waals surface area (Å²) in [7, 11) is 1.97. The molecule has 1 fully saturated rings. The van der Waals surface area contributed by atoms with Crippen molar-refractivity contribution in [1.29, 1.82) is 0 Å². The number of pyridine rings is 1. The second-order valence-electron chi connectivity index (χ2n) is 5.09. The summed E-state index contributed by atoms with van der Waals surface area (Å²) in [5, 5.41) is 3.20. The van der Waals surface area contributed by atoms with Crippen LogP contribution >= 0.6 is 0 Å². The minimum Gasteiger partial charge on any atom is -0.373 e. The zero-order valence-corrected chi connectivity index (χ0v) is 11.5. The summed E-state index contributed by atoms with van der Waals surface area (Å²) in [5.41, 5.74) is 2.46. The molecule has 1 saturated heterocycles. The van der Waals surface area contributed by atoms with Crippen LogP contribution in [0.2, 0.25) is 0 Å². The molecule has 1 aliphatic heterocycles. The Hall–Kier alpha value is -0.970. The highest BCUT2D eigenvalue weighted by atomic mass is 16.5. The van der Waals surface area contributed by atoms with E-state index in [1.165, 1.54) is 11.3 Å². The van der Waals surface area contributed by atoms with Gasteiger partial charge in [0, 0.05) is 32.4 Å². The molecule has 2 rings (SSSR count). The SMILES string of the molecule is CNCc1cccnc1CN1CC(C)OC(C)C1. The highest BCUT2D eigenvalue weighted by Gasteiger charge is 2.22. The fourth-order valence-corrected chi connectivity index (χ4v) is 2.59. The summed E-state index contributed by atoms with van der Waals surface area (Å²) < 4.78 is 5.76. The predicted molar refractivity (Wildman–Crippen MR) is 72.3 cm³/mol. The molecule has 1 aliphatic rings. The molecular weight excluding hydrogens is 226 g/mol. The summed E-state index contributed by atoms with van der Waals surface area (Å²) in [6.45, 7) is 8.03. The van der Waals surface area contributed by atoms with Gasteiger partial charge in [0.1, 0.15) is 0 Å². The van der Waals surface area contributed by atoms with Crippen LogP contribution in [0.4, 0.5) is 0 Å². The lowest BCUT2D eigenvalue weighted by molar-refractivity contribution is -0.0708. The molecule has 100 valence electrons. The van der Waals surface area contributed by atoms with Crippen LogP contribution in [-0.4, -0.2) is 42.2 Å². The number of aromatic nitrogens is 1. The first kappa shape index (κ1) is 13.5. The Balaban J connectivity index is 2.04. The fourth-order valence-electron chi connectivity index (χ4n) is 2.59. The van der Waals surface area contributed by atoms with E-state index in [1.807, 2.05) is 19.3 Å². The van der Waals surface area contributed by atoms with Crippen LogP contribution in [0.15, 0.2) is 18.3 Å². The van der Waals surface area contributed by atoms with Crippen molar-refractivity contribution in [1.82, 2.24) is 15.2 Å². The summed E-state index contributed by atoms with van der Waals surface area (Å²) in [5.74, 6) is 0. The average molecular weight is 249 g/mol. The smallest absolute Gasteiger partial charge is 0.0678 e. The Morgan fingerprint density at radius 1 is 1.39 bits per heavy atom. The van der Waals surface area contributed by atoms with Gasteiger partial charge in [-0.3, -0.25) is 9.88 Å². The van der Waals surface area contributed by atoms with Crippen LogP contribution < -0.4 is 5.32 Å². The summed E-state index contributed by atoms with van der Waals surface area (Å²) in [4.78, 5) is 6.95. The molecule has 0 saturated carbocycles. The summed E-state index contributed by atoms with van der Waals surface area (Å²) in [6, 6.07) is 4.15. The van der Waals surface area contributed by atoms with Crippen molar-refractivity contribution in [3.05, 3.63) is 29.6 Å². The maximum atomic E-state index is 5.76. The van der Waals surface area contributed by atoms with Crippen molar-refractivity contribution >= 4 is 0 Å². The van der Waals surface area contributed by atoms with Crippen molar-refractivity contribution < 1.29 is 4.74 Å². The van der Waals surface area contributed by atoms with Crippen LogP contribution in [0.1, 0.15) is 25.1 Å². The highest BCUT2D eigenvalue weighted by molar-refractivity contribution is 5.19. The lowest BCUT2D eigenvalue weighted by atomic mass is 10.1. The number of hydrogen-bond donors (Lipinski definition) is 1. The molecule has 4 heteroatoms. The van der Waals surface area contributed by atoms with E-state index in [1.54, 1.807) is 0 Å². The van der Waals surface area contributed by atoms with Crippen molar-refractivity contribution in [3.8, 4) is 0 Å². The van der Waals surface area contributed by atoms with Gasteiger partial charge < -0.3 is 10.1 Å². The first-order chi connectivity index (χ1) is 8.69. The molecule has 4 nitrogen and oxygen atoms in total. The highest BCUT2D eigenvalue weighted by Crippen LogP contribution is 2.15. The molecule has 18 heavy (non-hydrogen) atoms. The number of hydrogen-bond acceptors (Lipinski definition) is 4. The van der Waals surface area contributed by atoms with Gasteiger partial charge in [-0.2, -0.15) is 0 Å². The Kier molecular flexibility index (Phi) is 4.69. The van der Waals surface area contributed by atoms with Gasteiger partial charge >= 0.3 is 0 Å². The van der Waals surface area contributed by atoms with E-state index in [-0.39, 0.29) is 0 Å². The van der Waals surface area contributed by atoms with Gasteiger partial charge in [0.05, 0.1) is 17.9 Å². The predicted octanol–water partition coefficient (Wildman–Crippen LogP) is 1.41. The molecule has 2 heterocycles. The van der Waals surface area contributed by atoms with Crippen molar-refractivity contribution in [2.24, 2.45) is 0 Å². The molecule has 0 aliphatic carbocycles. The second-order valence-corrected chi connectivity index (χ2v) is 5.09. The lowest BCUT2D eigenvalue weighted by Gasteiger charge is -2.35. The van der Waals surface area contributed by atoms with Gasteiger partial charge in [0.15, 0.2) is 0 Å². The zero-order valence-electron chi connectivity index (χ0n) is 11.5. The molecule has 0 amide bonds. The minimum atomic E-state index is 0.310. The van der Waals surface area contributed by atoms with Gasteiger partial charge in [-0.05, 0) is 32.5 Å². The number of morpholine rings is 1. The topological polar surface area (TPSA) is 37.4 Å². The first-order valence-electron chi connectivity index (χ1n) is 6.64. The molecule has 0 spiro atoms. The van der Waals surface area contributed by atoms with E-state index in [0.29, 0.717) is 12.2 Å². The first-order valence-corrected chi connectivity index (χ1v) is 6.64. The number of rotatable bonds is 4. The molecule has 1 aromatic rings. The molecule has 1 aromatic heterocycles. The van der Waals surface area contributed by atoms with E-state index in [2.05, 4.69) is 35.1 Å². The molecule has 2 atom stereocenters. The third kappa shape index (κ3) is 3.51. The van der Waals surface area contributed by atoms with E-state index >= 15 is 0 Å². The van der Waals surface area contributed by atoms with Crippen LogP contribution in [0.5, 0.6) is 0 Å². The van der Waals surface area contributed by atoms with Gasteiger partial charge in [-0.15, -0.1) is 0 Å². The third-order valence-electron chi connectivity index (χ3n) is 3.22. The Labute approximate surface area is 109 Å². The monoisotopic (exact) mass is 249 g/mol. The van der Waals surface area contributed by atoms with E-state index in [4.69, 9.17) is 4.74 Å². The molecule has 0 aromatic carbocycles. The molecule has 0 bridgehead atoms. The van der Waals surface area contributed by atoms with E-state index in [0.717, 1.165) is 26.2 Å². The van der Waals surface area contributed by atoms with Gasteiger partial charge in [0.2, 0.25) is 0 Å². The molecule has 0 radical (unpaired) electrons. The molecule has 1 N–H and O–H groups in total. The van der Waals surface area contributed by atoms with Gasteiger partial charge in [-0.25, -0.2) is 0 Å². The maximum Gasteiger partial charge on any atom is 0.0678 e. The van der Waals surface area contributed by atoms with Crippen molar-refractivity contribution in [3.63, 3.8) is 0 Å². The number of ether oxygens (including phenoxy) is 1. The van der Waals surface area contributed by atoms with Gasteiger partial charge in [0.25, 0.3) is 0 Å². The quantitative estimate of drug-likeness (QED) is 0.875. The van der Waals surface area contributed by atoms with E-state index < -0.39 is 0 Å². The number of nitrogens with zero attached hydrogens (tertiary/aromatic N) is 2. The fraction of sp³-hybridized carbons (Fsp3) is 0.643. The standard InChI is InChI=1S/C14H23N3O/c1-11-8-17(9-12(2)18-11)10-14-13(7-15-3)5-4-6-16-14/h4-6,11-12,15H,7-10H2,1-3H3. The molecule has 2 unspecified atom stereocenters. The van der Waals surface area contributed by atoms with Crippen molar-refractivity contribution in [2.45, 2.75) is 39.1 Å². The van der Waals surface area contributed by atoms with Crippen LogP contribution in [0.3, 0.4) is 0 Å².